The fourth-order valence-corrected chi connectivity index (χ4v) is 2.02. The average Bonchev–Trinajstić information content (AvgIpc) is 2.27. The van der Waals surface area contributed by atoms with E-state index >= 15 is 0 Å². The van der Waals surface area contributed by atoms with E-state index in [9.17, 15) is 5.11 Å². The highest BCUT2D eigenvalue weighted by Gasteiger charge is 2.25. The number of rotatable bonds is 5. The summed E-state index contributed by atoms with van der Waals surface area (Å²) in [6.07, 6.45) is 3.81. The minimum atomic E-state index is -0.642. The van der Waals surface area contributed by atoms with Crippen molar-refractivity contribution in [2.24, 2.45) is 0 Å². The van der Waals surface area contributed by atoms with Crippen LogP contribution in [0, 0.1) is 0 Å². The van der Waals surface area contributed by atoms with Crippen LogP contribution in [0.15, 0.2) is 28.7 Å². The van der Waals surface area contributed by atoms with Gasteiger partial charge in [0.1, 0.15) is 0 Å². The normalized spacial score (nSPS) is 14.9. The van der Waals surface area contributed by atoms with Gasteiger partial charge in [-0.2, -0.15) is 0 Å². The zero-order valence-corrected chi connectivity index (χ0v) is 11.0. The van der Waals surface area contributed by atoms with Crippen molar-refractivity contribution in [2.45, 2.75) is 45.1 Å². The minimum Gasteiger partial charge on any atom is -0.385 e. The Hall–Kier alpha value is -0.340. The van der Waals surface area contributed by atoms with Crippen LogP contribution in [0.2, 0.25) is 0 Å². The van der Waals surface area contributed by atoms with Crippen LogP contribution in [0.4, 0.5) is 0 Å². The van der Waals surface area contributed by atoms with E-state index in [1.54, 1.807) is 0 Å². The van der Waals surface area contributed by atoms with E-state index in [1.165, 1.54) is 0 Å². The Morgan fingerprint density at radius 1 is 1.20 bits per heavy atom. The van der Waals surface area contributed by atoms with E-state index in [0.717, 1.165) is 35.7 Å². The molecule has 0 saturated carbocycles. The summed E-state index contributed by atoms with van der Waals surface area (Å²) in [5.41, 5.74) is 0.387. The Balaban J connectivity index is 2.85. The van der Waals surface area contributed by atoms with Gasteiger partial charge in [-0.05, 0) is 30.5 Å². The third-order valence-electron chi connectivity index (χ3n) is 2.91. The third kappa shape index (κ3) is 3.32. The van der Waals surface area contributed by atoms with Crippen molar-refractivity contribution in [2.75, 3.05) is 0 Å². The number of unbranched alkanes of at least 4 members (excludes halogenated alkanes) is 1. The standard InChI is InChI=1S/C13H19BrO/c1-3-5-10-13(15,4-2)11-6-8-12(14)9-7-11/h6-9,15H,3-5,10H2,1-2H3. The Morgan fingerprint density at radius 3 is 2.27 bits per heavy atom. The maximum Gasteiger partial charge on any atom is 0.0894 e. The van der Waals surface area contributed by atoms with E-state index < -0.39 is 5.60 Å². The molecule has 0 amide bonds. The molecule has 0 radical (unpaired) electrons. The van der Waals surface area contributed by atoms with Crippen LogP contribution in [-0.4, -0.2) is 5.11 Å². The van der Waals surface area contributed by atoms with Crippen molar-refractivity contribution in [3.8, 4) is 0 Å². The molecular weight excluding hydrogens is 252 g/mol. The lowest BCUT2D eigenvalue weighted by Gasteiger charge is -2.27. The molecule has 0 spiro atoms. The zero-order valence-electron chi connectivity index (χ0n) is 9.46. The molecule has 1 rings (SSSR count). The molecule has 0 heterocycles. The smallest absolute Gasteiger partial charge is 0.0894 e. The molecule has 1 atom stereocenters. The van der Waals surface area contributed by atoms with Gasteiger partial charge in [0, 0.05) is 4.47 Å². The molecule has 0 aromatic heterocycles. The van der Waals surface area contributed by atoms with Gasteiger partial charge in [-0.25, -0.2) is 0 Å². The molecule has 0 aliphatic carbocycles. The van der Waals surface area contributed by atoms with Crippen LogP contribution in [-0.2, 0) is 5.60 Å². The molecule has 1 aromatic carbocycles. The van der Waals surface area contributed by atoms with Crippen molar-refractivity contribution in [3.63, 3.8) is 0 Å². The molecule has 0 bridgehead atoms. The first-order valence-electron chi connectivity index (χ1n) is 5.61. The molecule has 0 saturated heterocycles. The van der Waals surface area contributed by atoms with Crippen LogP contribution in [0.3, 0.4) is 0 Å². The summed E-state index contributed by atoms with van der Waals surface area (Å²) >= 11 is 3.41. The van der Waals surface area contributed by atoms with Crippen molar-refractivity contribution in [1.29, 1.82) is 0 Å². The van der Waals surface area contributed by atoms with E-state index in [4.69, 9.17) is 0 Å². The third-order valence-corrected chi connectivity index (χ3v) is 3.44. The van der Waals surface area contributed by atoms with Crippen LogP contribution in [0.1, 0.15) is 45.1 Å². The number of hydrogen-bond donors (Lipinski definition) is 1. The number of hydrogen-bond acceptors (Lipinski definition) is 1. The molecule has 0 fully saturated rings. The van der Waals surface area contributed by atoms with Gasteiger partial charge in [0.15, 0.2) is 0 Å². The van der Waals surface area contributed by atoms with E-state index in [1.807, 2.05) is 31.2 Å². The predicted octanol–water partition coefficient (Wildman–Crippen LogP) is 4.24. The van der Waals surface area contributed by atoms with Crippen molar-refractivity contribution >= 4 is 15.9 Å². The maximum atomic E-state index is 10.5. The van der Waals surface area contributed by atoms with Gasteiger partial charge < -0.3 is 5.11 Å². The van der Waals surface area contributed by atoms with E-state index in [-0.39, 0.29) is 0 Å². The van der Waals surface area contributed by atoms with Gasteiger partial charge in [0.2, 0.25) is 0 Å². The molecule has 1 nitrogen and oxygen atoms in total. The summed E-state index contributed by atoms with van der Waals surface area (Å²) in [6, 6.07) is 7.98. The van der Waals surface area contributed by atoms with Crippen LogP contribution in [0.5, 0.6) is 0 Å². The second-order valence-electron chi connectivity index (χ2n) is 4.00. The summed E-state index contributed by atoms with van der Waals surface area (Å²) in [5, 5.41) is 10.5. The van der Waals surface area contributed by atoms with Crippen LogP contribution < -0.4 is 0 Å². The second-order valence-corrected chi connectivity index (χ2v) is 4.91. The molecule has 0 aliphatic heterocycles. The quantitative estimate of drug-likeness (QED) is 0.849. The lowest BCUT2D eigenvalue weighted by molar-refractivity contribution is 0.0211. The Morgan fingerprint density at radius 2 is 1.80 bits per heavy atom. The molecule has 84 valence electrons. The summed E-state index contributed by atoms with van der Waals surface area (Å²) in [4.78, 5) is 0. The van der Waals surface area contributed by atoms with E-state index in [0.29, 0.717) is 0 Å². The molecule has 1 unspecified atom stereocenters. The molecule has 0 aliphatic rings. The zero-order chi connectivity index (χ0) is 11.3. The number of aliphatic hydroxyl groups is 1. The highest BCUT2D eigenvalue weighted by atomic mass is 79.9. The highest BCUT2D eigenvalue weighted by Crippen LogP contribution is 2.31. The van der Waals surface area contributed by atoms with Crippen molar-refractivity contribution in [3.05, 3.63) is 34.3 Å². The van der Waals surface area contributed by atoms with Crippen molar-refractivity contribution in [1.82, 2.24) is 0 Å². The fourth-order valence-electron chi connectivity index (χ4n) is 1.75. The van der Waals surface area contributed by atoms with Gasteiger partial charge in [-0.1, -0.05) is 54.8 Å². The average molecular weight is 271 g/mol. The largest absolute Gasteiger partial charge is 0.385 e. The van der Waals surface area contributed by atoms with Gasteiger partial charge in [0.05, 0.1) is 5.60 Å². The summed E-state index contributed by atoms with van der Waals surface area (Å²) < 4.78 is 1.06. The molecule has 1 aromatic rings. The monoisotopic (exact) mass is 270 g/mol. The second kappa shape index (κ2) is 5.66. The predicted molar refractivity (Wildman–Crippen MR) is 67.9 cm³/mol. The van der Waals surface area contributed by atoms with Crippen LogP contribution >= 0.6 is 15.9 Å². The first kappa shape index (κ1) is 12.7. The lowest BCUT2D eigenvalue weighted by atomic mass is 9.86. The minimum absolute atomic E-state index is 0.642. The molecule has 15 heavy (non-hydrogen) atoms. The van der Waals surface area contributed by atoms with Gasteiger partial charge in [0.25, 0.3) is 0 Å². The first-order chi connectivity index (χ1) is 7.12. The first-order valence-corrected chi connectivity index (χ1v) is 6.40. The van der Waals surface area contributed by atoms with Gasteiger partial charge in [-0.3, -0.25) is 0 Å². The maximum absolute atomic E-state index is 10.5. The van der Waals surface area contributed by atoms with Gasteiger partial charge in [-0.15, -0.1) is 0 Å². The van der Waals surface area contributed by atoms with Crippen molar-refractivity contribution < 1.29 is 5.11 Å². The fraction of sp³-hybridized carbons (Fsp3) is 0.538. The highest BCUT2D eigenvalue weighted by molar-refractivity contribution is 9.10. The Bertz CT molecular complexity index is 294. The van der Waals surface area contributed by atoms with E-state index in [2.05, 4.69) is 22.9 Å². The molecule has 2 heteroatoms. The molecular formula is C13H19BrO. The van der Waals surface area contributed by atoms with Gasteiger partial charge >= 0.3 is 0 Å². The summed E-state index contributed by atoms with van der Waals surface area (Å²) in [5.74, 6) is 0. The lowest BCUT2D eigenvalue weighted by Crippen LogP contribution is -2.24. The topological polar surface area (TPSA) is 20.2 Å². The molecule has 1 N–H and O–H groups in total. The Kier molecular flexibility index (Phi) is 4.81. The number of halogens is 1. The van der Waals surface area contributed by atoms with Crippen LogP contribution in [0.25, 0.3) is 0 Å². The SMILES string of the molecule is CCCCC(O)(CC)c1ccc(Br)cc1. The summed E-state index contributed by atoms with van der Waals surface area (Å²) in [7, 11) is 0. The number of benzene rings is 1. The Labute approximate surface area is 101 Å². The summed E-state index contributed by atoms with van der Waals surface area (Å²) in [6.45, 7) is 4.19.